The molecular formula is C18H29FN4O5. The first-order chi connectivity index (χ1) is 13.5. The number of hydroxylamine groups is 2. The minimum atomic E-state index is -0.799. The van der Waals surface area contributed by atoms with Crippen molar-refractivity contribution in [3.8, 4) is 0 Å². The third-order valence-electron chi connectivity index (χ3n) is 5.43. The molecule has 2 fully saturated rings. The summed E-state index contributed by atoms with van der Waals surface area (Å²) < 4.78 is 12.1. The molecule has 2 atom stereocenters. The molecule has 0 aromatic rings. The third-order valence-corrected chi connectivity index (χ3v) is 5.43. The van der Waals surface area contributed by atoms with Crippen LogP contribution in [0.4, 0.5) is 9.18 Å². The number of rotatable bonds is 9. The van der Waals surface area contributed by atoms with Gasteiger partial charge >= 0.3 is 6.03 Å². The number of carbonyl (C=O) groups is 4. The van der Waals surface area contributed by atoms with Crippen molar-refractivity contribution in [1.29, 1.82) is 0 Å². The quantitative estimate of drug-likeness (QED) is 0.301. The van der Waals surface area contributed by atoms with Gasteiger partial charge in [0.15, 0.2) is 0 Å². The summed E-state index contributed by atoms with van der Waals surface area (Å²) in [7, 11) is 0. The second kappa shape index (κ2) is 10.9. The lowest BCUT2D eigenvalue weighted by atomic mass is 9.91. The molecule has 0 aromatic heterocycles. The number of amides is 5. The van der Waals surface area contributed by atoms with Crippen LogP contribution in [-0.2, 0) is 14.4 Å². The van der Waals surface area contributed by atoms with Gasteiger partial charge < -0.3 is 10.2 Å². The van der Waals surface area contributed by atoms with E-state index < -0.39 is 30.6 Å². The molecule has 0 aromatic carbocycles. The molecule has 0 radical (unpaired) electrons. The van der Waals surface area contributed by atoms with Crippen LogP contribution in [0.2, 0.25) is 0 Å². The number of imide groups is 1. The summed E-state index contributed by atoms with van der Waals surface area (Å²) in [6.45, 7) is -0.696. The van der Waals surface area contributed by atoms with Crippen LogP contribution in [-0.4, -0.2) is 71.8 Å². The van der Waals surface area contributed by atoms with E-state index in [1.54, 1.807) is 0 Å². The van der Waals surface area contributed by atoms with Crippen LogP contribution >= 0.6 is 0 Å². The highest BCUT2D eigenvalue weighted by Gasteiger charge is 2.39. The highest BCUT2D eigenvalue weighted by Crippen LogP contribution is 2.32. The van der Waals surface area contributed by atoms with Gasteiger partial charge in [-0.05, 0) is 25.2 Å². The van der Waals surface area contributed by atoms with Gasteiger partial charge in [-0.2, -0.15) is 0 Å². The van der Waals surface area contributed by atoms with Crippen LogP contribution in [0.5, 0.6) is 0 Å². The summed E-state index contributed by atoms with van der Waals surface area (Å²) in [5, 5.41) is 14.4. The number of halogens is 1. The fourth-order valence-corrected chi connectivity index (χ4v) is 4.11. The molecule has 1 saturated heterocycles. The third kappa shape index (κ3) is 6.15. The van der Waals surface area contributed by atoms with E-state index in [0.717, 1.165) is 25.7 Å². The predicted octanol–water partition coefficient (Wildman–Crippen LogP) is 0.817. The number of hydrogen-bond acceptors (Lipinski definition) is 5. The van der Waals surface area contributed by atoms with Crippen LogP contribution in [0.1, 0.15) is 44.9 Å². The average Bonchev–Trinajstić information content (AvgIpc) is 3.36. The van der Waals surface area contributed by atoms with Gasteiger partial charge in [-0.1, -0.05) is 25.7 Å². The minimum Gasteiger partial charge on any atom is -0.335 e. The molecule has 1 heterocycles. The van der Waals surface area contributed by atoms with Crippen molar-refractivity contribution >= 4 is 24.3 Å². The lowest BCUT2D eigenvalue weighted by Gasteiger charge is -2.30. The molecule has 28 heavy (non-hydrogen) atoms. The number of likely N-dealkylation sites (tertiary alicyclic amines) is 1. The van der Waals surface area contributed by atoms with Crippen LogP contribution in [0.15, 0.2) is 0 Å². The number of carbonyl (C=O) groups excluding carboxylic acids is 4. The van der Waals surface area contributed by atoms with Crippen LogP contribution in [0.3, 0.4) is 0 Å². The molecule has 10 heteroatoms. The normalized spacial score (nSPS) is 20.6. The second-order valence-electron chi connectivity index (χ2n) is 7.43. The number of hydrogen-bond donors (Lipinski definition) is 3. The summed E-state index contributed by atoms with van der Waals surface area (Å²) in [6.07, 6.45) is 6.06. The standard InChI is InChI=1S/C18H29FN4O5/c19-7-8-20-18(27)21-16(25)15-6-3-9-23(15)17(26)14(11-22(28)12-24)10-13-4-1-2-5-13/h12-15,28H,1-11H2,(H2,20,21,25,27)/t14-,15+/m1/s1. The Hall–Kier alpha value is -2.23. The lowest BCUT2D eigenvalue weighted by molar-refractivity contribution is -0.158. The zero-order valence-corrected chi connectivity index (χ0v) is 15.9. The van der Waals surface area contributed by atoms with E-state index in [1.807, 2.05) is 0 Å². The Balaban J connectivity index is 2.02. The zero-order chi connectivity index (χ0) is 20.5. The largest absolute Gasteiger partial charge is 0.335 e. The number of nitrogens with zero attached hydrogens (tertiary/aromatic N) is 2. The average molecular weight is 400 g/mol. The number of urea groups is 1. The van der Waals surface area contributed by atoms with Crippen molar-refractivity contribution in [3.63, 3.8) is 0 Å². The molecule has 1 aliphatic heterocycles. The van der Waals surface area contributed by atoms with Gasteiger partial charge in [-0.3, -0.25) is 24.9 Å². The molecule has 0 spiro atoms. The van der Waals surface area contributed by atoms with Crippen molar-refractivity contribution < 1.29 is 28.8 Å². The van der Waals surface area contributed by atoms with E-state index in [1.165, 1.54) is 4.90 Å². The molecule has 1 saturated carbocycles. The summed E-state index contributed by atoms with van der Waals surface area (Å²) in [5.74, 6) is -1.16. The maximum absolute atomic E-state index is 13.1. The highest BCUT2D eigenvalue weighted by molar-refractivity contribution is 5.99. The van der Waals surface area contributed by atoms with Crippen molar-refractivity contribution in [2.75, 3.05) is 26.3 Å². The molecule has 158 valence electrons. The molecule has 9 nitrogen and oxygen atoms in total. The van der Waals surface area contributed by atoms with Crippen LogP contribution < -0.4 is 10.6 Å². The fourth-order valence-electron chi connectivity index (χ4n) is 4.11. The fraction of sp³-hybridized carbons (Fsp3) is 0.778. The zero-order valence-electron chi connectivity index (χ0n) is 15.9. The first-order valence-corrected chi connectivity index (χ1v) is 9.82. The van der Waals surface area contributed by atoms with Gasteiger partial charge in [0.1, 0.15) is 12.7 Å². The van der Waals surface area contributed by atoms with Gasteiger partial charge in [0.05, 0.1) is 12.5 Å². The van der Waals surface area contributed by atoms with Gasteiger partial charge in [0.25, 0.3) is 5.91 Å². The molecule has 2 rings (SSSR count). The summed E-state index contributed by atoms with van der Waals surface area (Å²) in [6, 6.07) is -1.59. The van der Waals surface area contributed by atoms with Crippen molar-refractivity contribution in [2.45, 2.75) is 51.0 Å². The maximum atomic E-state index is 13.1. The van der Waals surface area contributed by atoms with Gasteiger partial charge in [-0.15, -0.1) is 0 Å². The molecule has 0 unspecified atom stereocenters. The van der Waals surface area contributed by atoms with Gasteiger partial charge in [0, 0.05) is 13.1 Å². The minimum absolute atomic E-state index is 0.124. The van der Waals surface area contributed by atoms with Crippen LogP contribution in [0.25, 0.3) is 0 Å². The highest BCUT2D eigenvalue weighted by atomic mass is 19.1. The molecular weight excluding hydrogens is 371 g/mol. The van der Waals surface area contributed by atoms with E-state index in [2.05, 4.69) is 10.6 Å². The lowest BCUT2D eigenvalue weighted by Crippen LogP contribution is -2.52. The van der Waals surface area contributed by atoms with Gasteiger partial charge in [-0.25, -0.2) is 14.2 Å². The molecule has 3 N–H and O–H groups in total. The Labute approximate surface area is 163 Å². The van der Waals surface area contributed by atoms with Gasteiger partial charge in [0.2, 0.25) is 12.3 Å². The molecule has 0 bridgehead atoms. The maximum Gasteiger partial charge on any atom is 0.321 e. The monoisotopic (exact) mass is 400 g/mol. The SMILES string of the molecule is O=CN(O)C[C@@H](CC1CCCC1)C(=O)N1CCC[C@H]1C(=O)NC(=O)NCCF. The Bertz CT molecular complexity index is 570. The van der Waals surface area contributed by atoms with Crippen LogP contribution in [0, 0.1) is 11.8 Å². The second-order valence-corrected chi connectivity index (χ2v) is 7.43. The molecule has 2 aliphatic rings. The van der Waals surface area contributed by atoms with Crippen molar-refractivity contribution in [1.82, 2.24) is 20.6 Å². The Morgan fingerprint density at radius 2 is 1.93 bits per heavy atom. The van der Waals surface area contributed by atoms with E-state index >= 15 is 0 Å². The Morgan fingerprint density at radius 1 is 1.21 bits per heavy atom. The summed E-state index contributed by atoms with van der Waals surface area (Å²) in [5.41, 5.74) is 0. The Kier molecular flexibility index (Phi) is 8.62. The molecule has 1 aliphatic carbocycles. The Morgan fingerprint density at radius 3 is 2.57 bits per heavy atom. The molecule has 5 amide bonds. The number of nitrogens with one attached hydrogen (secondary N) is 2. The number of alkyl halides is 1. The van der Waals surface area contributed by atoms with Crippen molar-refractivity contribution in [2.24, 2.45) is 11.8 Å². The first-order valence-electron chi connectivity index (χ1n) is 9.82. The first kappa shape index (κ1) is 22.1. The topological polar surface area (TPSA) is 119 Å². The van der Waals surface area contributed by atoms with E-state index in [4.69, 9.17) is 0 Å². The summed E-state index contributed by atoms with van der Waals surface area (Å²) in [4.78, 5) is 49.3. The predicted molar refractivity (Wildman–Crippen MR) is 96.9 cm³/mol. The van der Waals surface area contributed by atoms with Crippen molar-refractivity contribution in [3.05, 3.63) is 0 Å². The smallest absolute Gasteiger partial charge is 0.321 e. The van der Waals surface area contributed by atoms with E-state index in [0.29, 0.717) is 36.8 Å². The van der Waals surface area contributed by atoms with E-state index in [9.17, 15) is 28.8 Å². The summed E-state index contributed by atoms with van der Waals surface area (Å²) >= 11 is 0. The van der Waals surface area contributed by atoms with E-state index in [-0.39, 0.29) is 25.4 Å².